The van der Waals surface area contributed by atoms with Gasteiger partial charge in [-0.15, -0.1) is 0 Å². The van der Waals surface area contributed by atoms with Crippen LogP contribution in [-0.4, -0.2) is 29.9 Å². The van der Waals surface area contributed by atoms with Gasteiger partial charge in [0.25, 0.3) is 0 Å². The summed E-state index contributed by atoms with van der Waals surface area (Å²) >= 11 is 0. The molecule has 0 aliphatic heterocycles. The van der Waals surface area contributed by atoms with Crippen molar-refractivity contribution >= 4 is 16.6 Å². The predicted octanol–water partition coefficient (Wildman–Crippen LogP) is 4.00. The maximum atomic E-state index is 9.80. The number of fused-ring (bicyclic) bond motifs is 1. The van der Waals surface area contributed by atoms with E-state index in [1.807, 2.05) is 49.5 Å². The number of ether oxygens (including phenoxy) is 1. The summed E-state index contributed by atoms with van der Waals surface area (Å²) in [5.41, 5.74) is 4.65. The van der Waals surface area contributed by atoms with Crippen LogP contribution in [0, 0.1) is 11.3 Å². The van der Waals surface area contributed by atoms with Crippen molar-refractivity contribution in [1.29, 1.82) is 5.26 Å². The van der Waals surface area contributed by atoms with E-state index in [-0.39, 0.29) is 6.61 Å². The molecule has 134 valence electrons. The van der Waals surface area contributed by atoms with E-state index < -0.39 is 0 Å². The second kappa shape index (κ2) is 7.94. The monoisotopic (exact) mass is 349 g/mol. The largest absolute Gasteiger partial charge is 0.493 e. The molecule has 5 heteroatoms. The Balaban J connectivity index is 2.13. The molecule has 0 fully saturated rings. The number of aryl methyl sites for hydroxylation is 1. The van der Waals surface area contributed by atoms with E-state index in [1.165, 1.54) is 0 Å². The van der Waals surface area contributed by atoms with Crippen LogP contribution in [-0.2, 0) is 6.54 Å². The second-order valence-electron chi connectivity index (χ2n) is 6.01. The van der Waals surface area contributed by atoms with Gasteiger partial charge in [0.2, 0.25) is 0 Å². The van der Waals surface area contributed by atoms with Gasteiger partial charge in [-0.3, -0.25) is 0 Å². The summed E-state index contributed by atoms with van der Waals surface area (Å²) in [5, 5.41) is 22.7. The summed E-state index contributed by atoms with van der Waals surface area (Å²) in [5.74, 6) is 0.750. The first-order valence-corrected chi connectivity index (χ1v) is 8.81. The average Bonchev–Trinajstić information content (AvgIpc) is 3.01. The van der Waals surface area contributed by atoms with Gasteiger partial charge in [-0.2, -0.15) is 5.26 Å². The summed E-state index contributed by atoms with van der Waals surface area (Å²) in [6, 6.07) is 16.3. The zero-order valence-corrected chi connectivity index (χ0v) is 15.1. The van der Waals surface area contributed by atoms with Crippen LogP contribution in [0.3, 0.4) is 0 Å². The van der Waals surface area contributed by atoms with Gasteiger partial charge in [0.15, 0.2) is 0 Å². The summed E-state index contributed by atoms with van der Waals surface area (Å²) < 4.78 is 7.86. The molecule has 0 unspecified atom stereocenters. The number of aliphatic hydroxyl groups excluding tert-OH is 1. The molecule has 26 heavy (non-hydrogen) atoms. The van der Waals surface area contributed by atoms with Crippen LogP contribution in [0.2, 0.25) is 0 Å². The van der Waals surface area contributed by atoms with E-state index in [0.717, 1.165) is 40.1 Å². The molecule has 3 rings (SSSR count). The molecule has 2 aromatic carbocycles. The van der Waals surface area contributed by atoms with Crippen LogP contribution >= 0.6 is 0 Å². The SMILES string of the molecule is CCn1c(-c2ccc(NC)cc2)c(C#N)c2ccc(OCCCO)cc21. The number of hydrogen-bond acceptors (Lipinski definition) is 4. The predicted molar refractivity (Wildman–Crippen MR) is 105 cm³/mol. The van der Waals surface area contributed by atoms with Crippen LogP contribution in [0.5, 0.6) is 5.75 Å². The fraction of sp³-hybridized carbons (Fsp3) is 0.286. The molecule has 2 N–H and O–H groups in total. The molecule has 0 spiro atoms. The quantitative estimate of drug-likeness (QED) is 0.633. The van der Waals surface area contributed by atoms with Crippen LogP contribution in [0.15, 0.2) is 42.5 Å². The lowest BCUT2D eigenvalue weighted by Crippen LogP contribution is -2.00. The molecule has 0 bridgehead atoms. The zero-order chi connectivity index (χ0) is 18.5. The van der Waals surface area contributed by atoms with E-state index in [2.05, 4.69) is 22.9 Å². The smallest absolute Gasteiger partial charge is 0.121 e. The standard InChI is InChI=1S/C21H23N3O2/c1-3-24-20-13-17(26-12-4-11-25)9-10-18(20)19(14-22)21(24)15-5-7-16(23-2)8-6-15/h5-10,13,23,25H,3-4,11-12H2,1-2H3. The van der Waals surface area contributed by atoms with Crippen molar-refractivity contribution in [2.24, 2.45) is 0 Å². The Morgan fingerprint density at radius 2 is 1.96 bits per heavy atom. The molecule has 0 saturated carbocycles. The number of nitrogens with zero attached hydrogens (tertiary/aromatic N) is 2. The summed E-state index contributed by atoms with van der Waals surface area (Å²) in [6.45, 7) is 3.41. The lowest BCUT2D eigenvalue weighted by atomic mass is 10.1. The highest BCUT2D eigenvalue weighted by atomic mass is 16.5. The second-order valence-corrected chi connectivity index (χ2v) is 6.01. The molecule has 0 atom stereocenters. The van der Waals surface area contributed by atoms with Crippen molar-refractivity contribution in [3.8, 4) is 23.1 Å². The first-order valence-electron chi connectivity index (χ1n) is 8.81. The number of benzene rings is 2. The Kier molecular flexibility index (Phi) is 5.45. The van der Waals surface area contributed by atoms with Crippen LogP contribution in [0.1, 0.15) is 18.9 Å². The molecule has 1 aromatic heterocycles. The molecule has 0 aliphatic rings. The summed E-state index contributed by atoms with van der Waals surface area (Å²) in [7, 11) is 1.89. The van der Waals surface area contributed by atoms with Crippen molar-refractivity contribution in [1.82, 2.24) is 4.57 Å². The Bertz CT molecular complexity index is 937. The van der Waals surface area contributed by atoms with Crippen LogP contribution < -0.4 is 10.1 Å². The Morgan fingerprint density at radius 1 is 1.19 bits per heavy atom. The third-order valence-electron chi connectivity index (χ3n) is 4.48. The molecule has 0 saturated heterocycles. The summed E-state index contributed by atoms with van der Waals surface area (Å²) in [4.78, 5) is 0. The van der Waals surface area contributed by atoms with Gasteiger partial charge >= 0.3 is 0 Å². The van der Waals surface area contributed by atoms with Crippen molar-refractivity contribution in [2.75, 3.05) is 25.6 Å². The van der Waals surface area contributed by atoms with Crippen LogP contribution in [0.25, 0.3) is 22.2 Å². The third kappa shape index (κ3) is 3.24. The summed E-state index contributed by atoms with van der Waals surface area (Å²) in [6.07, 6.45) is 0.597. The van der Waals surface area contributed by atoms with Gasteiger partial charge < -0.3 is 19.7 Å². The number of hydrogen-bond donors (Lipinski definition) is 2. The van der Waals surface area contributed by atoms with Crippen molar-refractivity contribution in [3.05, 3.63) is 48.0 Å². The molecule has 0 amide bonds. The van der Waals surface area contributed by atoms with Crippen molar-refractivity contribution < 1.29 is 9.84 Å². The van der Waals surface area contributed by atoms with E-state index >= 15 is 0 Å². The first-order chi connectivity index (χ1) is 12.7. The number of aliphatic hydroxyl groups is 1. The van der Waals surface area contributed by atoms with Gasteiger partial charge in [0.1, 0.15) is 11.8 Å². The van der Waals surface area contributed by atoms with Crippen molar-refractivity contribution in [3.63, 3.8) is 0 Å². The lowest BCUT2D eigenvalue weighted by molar-refractivity contribution is 0.233. The highest BCUT2D eigenvalue weighted by Gasteiger charge is 2.18. The minimum Gasteiger partial charge on any atom is -0.493 e. The fourth-order valence-electron chi connectivity index (χ4n) is 3.21. The Hall–Kier alpha value is -2.97. The lowest BCUT2D eigenvalue weighted by Gasteiger charge is -2.10. The molecule has 0 radical (unpaired) electrons. The highest BCUT2D eigenvalue weighted by molar-refractivity contribution is 5.95. The van der Waals surface area contributed by atoms with Gasteiger partial charge in [-0.1, -0.05) is 12.1 Å². The third-order valence-corrected chi connectivity index (χ3v) is 4.48. The van der Waals surface area contributed by atoms with E-state index in [0.29, 0.717) is 18.6 Å². The van der Waals surface area contributed by atoms with Crippen molar-refractivity contribution in [2.45, 2.75) is 19.9 Å². The average molecular weight is 349 g/mol. The normalized spacial score (nSPS) is 10.7. The Labute approximate surface area is 153 Å². The molecule has 1 heterocycles. The number of nitriles is 1. The van der Waals surface area contributed by atoms with Gasteiger partial charge in [0.05, 0.1) is 23.4 Å². The van der Waals surface area contributed by atoms with E-state index in [9.17, 15) is 5.26 Å². The van der Waals surface area contributed by atoms with E-state index in [4.69, 9.17) is 9.84 Å². The number of rotatable bonds is 7. The van der Waals surface area contributed by atoms with Crippen LogP contribution in [0.4, 0.5) is 5.69 Å². The zero-order valence-electron chi connectivity index (χ0n) is 15.1. The minimum absolute atomic E-state index is 0.110. The molecular formula is C21H23N3O2. The number of nitrogens with one attached hydrogen (secondary N) is 1. The maximum absolute atomic E-state index is 9.80. The number of aromatic nitrogens is 1. The molecule has 0 aliphatic carbocycles. The van der Waals surface area contributed by atoms with E-state index in [1.54, 1.807) is 0 Å². The van der Waals surface area contributed by atoms with Gasteiger partial charge in [-0.05, 0) is 36.8 Å². The molecule has 5 nitrogen and oxygen atoms in total. The highest BCUT2D eigenvalue weighted by Crippen LogP contribution is 2.35. The number of anilines is 1. The Morgan fingerprint density at radius 3 is 2.58 bits per heavy atom. The molecular weight excluding hydrogens is 326 g/mol. The van der Waals surface area contributed by atoms with Gasteiger partial charge in [-0.25, -0.2) is 0 Å². The minimum atomic E-state index is 0.110. The first kappa shape index (κ1) is 17.8. The topological polar surface area (TPSA) is 70.2 Å². The fourth-order valence-corrected chi connectivity index (χ4v) is 3.21. The maximum Gasteiger partial charge on any atom is 0.121 e. The van der Waals surface area contributed by atoms with Gasteiger partial charge in [0, 0.05) is 43.8 Å². The molecule has 3 aromatic rings.